The molecule has 0 aliphatic carbocycles. The molecule has 0 bridgehead atoms. The van der Waals surface area contributed by atoms with Crippen LogP contribution in [0.15, 0.2) is 4.99 Å². The number of nitrogens with zero attached hydrogens (tertiary/aromatic N) is 1. The van der Waals surface area contributed by atoms with E-state index >= 15 is 0 Å². The normalized spacial score (nSPS) is 23.1. The Bertz CT molecular complexity index is 246. The van der Waals surface area contributed by atoms with Crippen molar-refractivity contribution in [3.05, 3.63) is 0 Å². The summed E-state index contributed by atoms with van der Waals surface area (Å²) in [5.41, 5.74) is 0.410. The number of hydrogen-bond donors (Lipinski definition) is 1. The van der Waals surface area contributed by atoms with Gasteiger partial charge in [0.15, 0.2) is 5.17 Å². The van der Waals surface area contributed by atoms with Gasteiger partial charge in [-0.05, 0) is 25.0 Å². The van der Waals surface area contributed by atoms with Crippen molar-refractivity contribution >= 4 is 28.7 Å². The third-order valence-electron chi connectivity index (χ3n) is 2.34. The van der Waals surface area contributed by atoms with Crippen LogP contribution >= 0.6 is 23.5 Å². The smallest absolute Gasteiger partial charge is 0.157 e. The van der Waals surface area contributed by atoms with Crippen molar-refractivity contribution in [2.75, 3.05) is 18.6 Å². The van der Waals surface area contributed by atoms with E-state index < -0.39 is 0 Å². The molecule has 1 aliphatic heterocycles. The second-order valence-electron chi connectivity index (χ2n) is 5.65. The largest absolute Gasteiger partial charge is 0.362 e. The molecule has 1 heterocycles. The second-order valence-corrected chi connectivity index (χ2v) is 7.85. The first-order chi connectivity index (χ1) is 7.40. The van der Waals surface area contributed by atoms with Crippen molar-refractivity contribution in [1.29, 1.82) is 0 Å². The molecule has 2 atom stereocenters. The molecule has 0 radical (unpaired) electrons. The number of aliphatic imine (C=N–C) groups is 1. The van der Waals surface area contributed by atoms with Crippen molar-refractivity contribution in [2.45, 2.75) is 45.4 Å². The van der Waals surface area contributed by atoms with Crippen molar-refractivity contribution in [3.63, 3.8) is 0 Å². The Morgan fingerprint density at radius 1 is 1.56 bits per heavy atom. The molecule has 0 fully saturated rings. The zero-order chi connectivity index (χ0) is 12.2. The summed E-state index contributed by atoms with van der Waals surface area (Å²) in [5.74, 6) is 1.14. The van der Waals surface area contributed by atoms with Crippen LogP contribution in [0.1, 0.15) is 34.1 Å². The van der Waals surface area contributed by atoms with Gasteiger partial charge in [-0.1, -0.05) is 32.5 Å². The first-order valence-corrected chi connectivity index (χ1v) is 8.14. The third-order valence-corrected chi connectivity index (χ3v) is 4.30. The average molecular weight is 260 g/mol. The van der Waals surface area contributed by atoms with Crippen LogP contribution in [0.4, 0.5) is 0 Å². The highest BCUT2D eigenvalue weighted by molar-refractivity contribution is 8.14. The van der Waals surface area contributed by atoms with Gasteiger partial charge in [-0.15, -0.1) is 0 Å². The van der Waals surface area contributed by atoms with Crippen LogP contribution < -0.4 is 5.32 Å². The topological polar surface area (TPSA) is 24.4 Å². The predicted molar refractivity (Wildman–Crippen MR) is 78.7 cm³/mol. The van der Waals surface area contributed by atoms with Gasteiger partial charge in [0.05, 0.1) is 6.54 Å². The van der Waals surface area contributed by atoms with E-state index in [1.807, 2.05) is 23.5 Å². The summed E-state index contributed by atoms with van der Waals surface area (Å²) < 4.78 is 0. The fraction of sp³-hybridized carbons (Fsp3) is 0.917. The van der Waals surface area contributed by atoms with Gasteiger partial charge in [-0.3, -0.25) is 4.99 Å². The van der Waals surface area contributed by atoms with Gasteiger partial charge < -0.3 is 5.32 Å². The molecule has 0 aromatic rings. The first-order valence-electron chi connectivity index (χ1n) is 5.87. The summed E-state index contributed by atoms with van der Waals surface area (Å²) >= 11 is 3.80. The Kier molecular flexibility index (Phi) is 5.51. The number of hydrogen-bond acceptors (Lipinski definition) is 4. The minimum Gasteiger partial charge on any atom is -0.362 e. The number of thioether (sulfide) groups is 2. The molecule has 1 aliphatic rings. The van der Waals surface area contributed by atoms with Crippen LogP contribution in [0.25, 0.3) is 0 Å². The fourth-order valence-corrected chi connectivity index (χ4v) is 3.84. The quantitative estimate of drug-likeness (QED) is 0.840. The van der Waals surface area contributed by atoms with E-state index in [2.05, 4.69) is 44.3 Å². The Morgan fingerprint density at radius 3 is 2.81 bits per heavy atom. The van der Waals surface area contributed by atoms with Gasteiger partial charge in [-0.2, -0.15) is 11.8 Å². The van der Waals surface area contributed by atoms with Gasteiger partial charge in [0.1, 0.15) is 0 Å². The Hall–Kier alpha value is 0.170. The number of amidine groups is 1. The summed E-state index contributed by atoms with van der Waals surface area (Å²) in [5, 5.41) is 5.31. The standard InChI is InChI=1S/C12H24N2S2/c1-9(8-15-5)14-11-13-7-10(16-11)6-12(2,3)4/h9-10H,6-8H2,1-5H3,(H,13,14). The van der Waals surface area contributed by atoms with E-state index in [1.54, 1.807) is 0 Å². The zero-order valence-electron chi connectivity index (χ0n) is 11.0. The lowest BCUT2D eigenvalue weighted by Crippen LogP contribution is -2.32. The molecular formula is C12H24N2S2. The molecular weight excluding hydrogens is 236 g/mol. The van der Waals surface area contributed by atoms with E-state index in [9.17, 15) is 0 Å². The first kappa shape index (κ1) is 14.2. The van der Waals surface area contributed by atoms with Gasteiger partial charge in [-0.25, -0.2) is 0 Å². The highest BCUT2D eigenvalue weighted by Crippen LogP contribution is 2.31. The lowest BCUT2D eigenvalue weighted by Gasteiger charge is -2.22. The molecule has 4 heteroatoms. The van der Waals surface area contributed by atoms with Crippen LogP contribution in [0, 0.1) is 5.41 Å². The van der Waals surface area contributed by atoms with Crippen molar-refractivity contribution in [1.82, 2.24) is 5.32 Å². The van der Waals surface area contributed by atoms with Gasteiger partial charge in [0, 0.05) is 17.0 Å². The van der Waals surface area contributed by atoms with Gasteiger partial charge in [0.25, 0.3) is 0 Å². The predicted octanol–water partition coefficient (Wildman–Crippen LogP) is 3.24. The molecule has 1 rings (SSSR count). The molecule has 2 unspecified atom stereocenters. The summed E-state index contributed by atoms with van der Waals surface area (Å²) in [6, 6.07) is 0.523. The molecule has 94 valence electrons. The molecule has 0 saturated heterocycles. The van der Waals surface area contributed by atoms with Crippen LogP contribution in [0.2, 0.25) is 0 Å². The third kappa shape index (κ3) is 5.48. The molecule has 0 aromatic carbocycles. The van der Waals surface area contributed by atoms with Crippen LogP contribution in [0.3, 0.4) is 0 Å². The van der Waals surface area contributed by atoms with Crippen LogP contribution in [0.5, 0.6) is 0 Å². The molecule has 0 amide bonds. The monoisotopic (exact) mass is 260 g/mol. The average Bonchev–Trinajstić information content (AvgIpc) is 2.49. The van der Waals surface area contributed by atoms with Crippen molar-refractivity contribution in [3.8, 4) is 0 Å². The van der Waals surface area contributed by atoms with Crippen LogP contribution in [-0.2, 0) is 0 Å². The van der Waals surface area contributed by atoms with Crippen molar-refractivity contribution in [2.24, 2.45) is 10.4 Å². The molecule has 0 aromatic heterocycles. The highest BCUT2D eigenvalue weighted by Gasteiger charge is 2.25. The molecule has 16 heavy (non-hydrogen) atoms. The molecule has 1 N–H and O–H groups in total. The minimum atomic E-state index is 0.410. The van der Waals surface area contributed by atoms with E-state index in [1.165, 1.54) is 6.42 Å². The zero-order valence-corrected chi connectivity index (χ0v) is 12.7. The number of rotatable bonds is 4. The van der Waals surface area contributed by atoms with Gasteiger partial charge >= 0.3 is 0 Å². The SMILES string of the molecule is CSCC(C)NC1=NCC(CC(C)(C)C)S1. The Labute approximate surface area is 108 Å². The number of nitrogens with one attached hydrogen (secondary N) is 1. The summed E-state index contributed by atoms with van der Waals surface area (Å²) in [6.07, 6.45) is 3.38. The van der Waals surface area contributed by atoms with E-state index in [4.69, 9.17) is 0 Å². The second kappa shape index (κ2) is 6.20. The molecule has 2 nitrogen and oxygen atoms in total. The lowest BCUT2D eigenvalue weighted by molar-refractivity contribution is 0.375. The summed E-state index contributed by atoms with van der Waals surface area (Å²) in [7, 11) is 0. The molecule has 0 spiro atoms. The molecule has 0 saturated carbocycles. The highest BCUT2D eigenvalue weighted by atomic mass is 32.2. The van der Waals surface area contributed by atoms with Gasteiger partial charge in [0.2, 0.25) is 0 Å². The summed E-state index contributed by atoms with van der Waals surface area (Å²) in [4.78, 5) is 4.58. The van der Waals surface area contributed by atoms with E-state index in [0.717, 1.165) is 17.5 Å². The van der Waals surface area contributed by atoms with Crippen LogP contribution in [-0.4, -0.2) is 35.0 Å². The van der Waals surface area contributed by atoms with E-state index in [0.29, 0.717) is 16.7 Å². The fourth-order valence-electron chi connectivity index (χ4n) is 1.79. The maximum absolute atomic E-state index is 4.58. The maximum atomic E-state index is 4.58. The van der Waals surface area contributed by atoms with E-state index in [-0.39, 0.29) is 0 Å². The Morgan fingerprint density at radius 2 is 2.25 bits per heavy atom. The lowest BCUT2D eigenvalue weighted by atomic mass is 9.90. The van der Waals surface area contributed by atoms with Crippen molar-refractivity contribution < 1.29 is 0 Å². The summed E-state index contributed by atoms with van der Waals surface area (Å²) in [6.45, 7) is 10.1. The minimum absolute atomic E-state index is 0.410. The maximum Gasteiger partial charge on any atom is 0.157 e. The Balaban J connectivity index is 2.29.